The molecule has 0 aliphatic carbocycles. The average molecular weight is 319 g/mol. The first-order valence-corrected chi connectivity index (χ1v) is 7.15. The summed E-state index contributed by atoms with van der Waals surface area (Å²) in [5, 5.41) is 16.2. The van der Waals surface area contributed by atoms with Crippen molar-refractivity contribution in [2.45, 2.75) is 19.8 Å². The van der Waals surface area contributed by atoms with Gasteiger partial charge in [-0.2, -0.15) is 9.61 Å². The summed E-state index contributed by atoms with van der Waals surface area (Å²) in [7, 11) is 1.60. The van der Waals surface area contributed by atoms with Crippen LogP contribution in [0, 0.1) is 0 Å². The molecule has 0 spiro atoms. The average Bonchev–Trinajstić information content (AvgIpc) is 2.91. The molecule has 0 amide bonds. The molecule has 0 aliphatic heterocycles. The fourth-order valence-electron chi connectivity index (χ4n) is 2.12. The number of fused-ring (bicyclic) bond motifs is 1. The summed E-state index contributed by atoms with van der Waals surface area (Å²) < 4.78 is 6.96. The molecule has 0 atom stereocenters. The summed E-state index contributed by atoms with van der Waals surface area (Å²) in [6.45, 7) is 4.05. The second-order valence-corrected chi connectivity index (χ2v) is 5.42. The molecule has 3 rings (SSSR count). The fourth-order valence-corrected chi connectivity index (χ4v) is 2.30. The van der Waals surface area contributed by atoms with E-state index in [0.717, 1.165) is 5.82 Å². The first-order valence-electron chi connectivity index (χ1n) is 6.77. The Labute approximate surface area is 132 Å². The molecule has 3 aromatic rings. The second kappa shape index (κ2) is 5.76. The number of nitrogens with zero attached hydrogens (tertiary/aromatic N) is 5. The van der Waals surface area contributed by atoms with Crippen LogP contribution in [0.3, 0.4) is 0 Å². The third kappa shape index (κ3) is 2.55. The topological polar surface area (TPSA) is 77.2 Å². The second-order valence-electron chi connectivity index (χ2n) is 5.03. The molecule has 3 heterocycles. The number of nitrogens with one attached hydrogen (secondary N) is 1. The molecule has 0 saturated carbocycles. The lowest BCUT2D eigenvalue weighted by Gasteiger charge is -2.11. The minimum absolute atomic E-state index is 0.182. The van der Waals surface area contributed by atoms with Crippen molar-refractivity contribution in [1.29, 1.82) is 0 Å². The lowest BCUT2D eigenvalue weighted by molar-refractivity contribution is 0.416. The maximum atomic E-state index is 6.12. The summed E-state index contributed by atoms with van der Waals surface area (Å²) in [6, 6.07) is 3.47. The fraction of sp³-hybridized carbons (Fsp3) is 0.286. The minimum Gasteiger partial charge on any atom is -0.494 e. The van der Waals surface area contributed by atoms with Crippen molar-refractivity contribution in [2.24, 2.45) is 0 Å². The van der Waals surface area contributed by atoms with Crippen LogP contribution < -0.4 is 10.1 Å². The van der Waals surface area contributed by atoms with Crippen LogP contribution >= 0.6 is 11.6 Å². The molecular formula is C14H15ClN6O. The first kappa shape index (κ1) is 14.5. The van der Waals surface area contributed by atoms with Gasteiger partial charge in [0.1, 0.15) is 5.75 Å². The minimum atomic E-state index is 0.182. The largest absolute Gasteiger partial charge is 0.494 e. The smallest absolute Gasteiger partial charge is 0.201 e. The van der Waals surface area contributed by atoms with Gasteiger partial charge in [0, 0.05) is 24.2 Å². The number of aromatic nitrogens is 5. The van der Waals surface area contributed by atoms with Crippen molar-refractivity contribution in [1.82, 2.24) is 24.8 Å². The number of pyridine rings is 1. The Morgan fingerprint density at radius 1 is 1.27 bits per heavy atom. The quantitative estimate of drug-likeness (QED) is 0.796. The predicted molar refractivity (Wildman–Crippen MR) is 84.0 cm³/mol. The maximum absolute atomic E-state index is 6.12. The van der Waals surface area contributed by atoms with Crippen LogP contribution in [0.4, 0.5) is 11.4 Å². The zero-order valence-electron chi connectivity index (χ0n) is 12.4. The van der Waals surface area contributed by atoms with E-state index >= 15 is 0 Å². The number of halogens is 1. The first-order chi connectivity index (χ1) is 10.6. The van der Waals surface area contributed by atoms with Gasteiger partial charge in [-0.05, 0) is 0 Å². The number of rotatable bonds is 4. The van der Waals surface area contributed by atoms with Gasteiger partial charge in [0.2, 0.25) is 5.65 Å². The number of hydrogen-bond donors (Lipinski definition) is 1. The van der Waals surface area contributed by atoms with Crippen LogP contribution in [-0.2, 0) is 0 Å². The zero-order valence-corrected chi connectivity index (χ0v) is 13.2. The molecule has 0 aliphatic rings. The third-order valence-corrected chi connectivity index (χ3v) is 3.34. The molecule has 0 saturated heterocycles. The maximum Gasteiger partial charge on any atom is 0.201 e. The molecule has 114 valence electrons. The Kier molecular flexibility index (Phi) is 3.81. The molecule has 0 bridgehead atoms. The van der Waals surface area contributed by atoms with Crippen LogP contribution in [0.5, 0.6) is 5.75 Å². The van der Waals surface area contributed by atoms with E-state index < -0.39 is 0 Å². The van der Waals surface area contributed by atoms with Gasteiger partial charge in [0.25, 0.3) is 0 Å². The van der Waals surface area contributed by atoms with Crippen molar-refractivity contribution in [3.05, 3.63) is 35.5 Å². The van der Waals surface area contributed by atoms with Gasteiger partial charge < -0.3 is 10.1 Å². The zero-order chi connectivity index (χ0) is 15.7. The molecule has 0 fully saturated rings. The van der Waals surface area contributed by atoms with Gasteiger partial charge in [-0.25, -0.2) is 0 Å². The normalized spacial score (nSPS) is 11.1. The van der Waals surface area contributed by atoms with Crippen LogP contribution in [0.15, 0.2) is 24.5 Å². The standard InChI is InChI=1S/C14H15ClN6O/c1-8(2)13-18-19-14-9(6-12(15)20-21(13)14)17-10-7-16-5-4-11(10)22-3/h4-8,17H,1-3H3. The lowest BCUT2D eigenvalue weighted by atomic mass is 10.2. The molecule has 0 radical (unpaired) electrons. The van der Waals surface area contributed by atoms with E-state index in [2.05, 4.69) is 25.6 Å². The van der Waals surface area contributed by atoms with Gasteiger partial charge in [-0.15, -0.1) is 10.2 Å². The summed E-state index contributed by atoms with van der Waals surface area (Å²) in [5.41, 5.74) is 1.99. The van der Waals surface area contributed by atoms with E-state index in [1.165, 1.54) is 0 Å². The Balaban J connectivity index is 2.11. The van der Waals surface area contributed by atoms with Gasteiger partial charge >= 0.3 is 0 Å². The highest BCUT2D eigenvalue weighted by Gasteiger charge is 2.16. The Hall–Kier alpha value is -2.41. The number of anilines is 2. The van der Waals surface area contributed by atoms with Crippen molar-refractivity contribution in [3.8, 4) is 5.75 Å². The highest BCUT2D eigenvalue weighted by molar-refractivity contribution is 6.29. The van der Waals surface area contributed by atoms with E-state index in [1.54, 1.807) is 36.2 Å². The van der Waals surface area contributed by atoms with Gasteiger partial charge in [-0.3, -0.25) is 4.98 Å². The monoisotopic (exact) mass is 318 g/mol. The summed E-state index contributed by atoms with van der Waals surface area (Å²) in [4.78, 5) is 4.09. The van der Waals surface area contributed by atoms with Crippen LogP contribution in [0.2, 0.25) is 5.15 Å². The van der Waals surface area contributed by atoms with E-state index in [9.17, 15) is 0 Å². The Morgan fingerprint density at radius 3 is 2.82 bits per heavy atom. The Bertz CT molecular complexity index is 816. The SMILES string of the molecule is COc1ccncc1Nc1cc(Cl)nn2c(C(C)C)nnc12. The number of ether oxygens (including phenoxy) is 1. The van der Waals surface area contributed by atoms with Crippen LogP contribution in [0.1, 0.15) is 25.6 Å². The molecular weight excluding hydrogens is 304 g/mol. The van der Waals surface area contributed by atoms with E-state index in [0.29, 0.717) is 27.9 Å². The van der Waals surface area contributed by atoms with Crippen LogP contribution in [0.25, 0.3) is 5.65 Å². The van der Waals surface area contributed by atoms with E-state index in [-0.39, 0.29) is 5.92 Å². The Morgan fingerprint density at radius 2 is 2.09 bits per heavy atom. The molecule has 22 heavy (non-hydrogen) atoms. The number of methoxy groups -OCH3 is 1. The van der Waals surface area contributed by atoms with Gasteiger partial charge in [0.15, 0.2) is 11.0 Å². The molecule has 7 nitrogen and oxygen atoms in total. The number of hydrogen-bond acceptors (Lipinski definition) is 6. The highest BCUT2D eigenvalue weighted by atomic mass is 35.5. The van der Waals surface area contributed by atoms with Gasteiger partial charge in [-0.1, -0.05) is 25.4 Å². The summed E-state index contributed by atoms with van der Waals surface area (Å²) in [5.74, 6) is 1.60. The molecule has 8 heteroatoms. The van der Waals surface area contributed by atoms with Crippen molar-refractivity contribution >= 4 is 28.6 Å². The molecule has 0 unspecified atom stereocenters. The lowest BCUT2D eigenvalue weighted by Crippen LogP contribution is -2.04. The molecule has 0 aromatic carbocycles. The third-order valence-electron chi connectivity index (χ3n) is 3.15. The van der Waals surface area contributed by atoms with E-state index in [1.807, 2.05) is 13.8 Å². The summed E-state index contributed by atoms with van der Waals surface area (Å²) in [6.07, 6.45) is 3.33. The predicted octanol–water partition coefficient (Wildman–Crippen LogP) is 3.05. The molecule has 3 aromatic heterocycles. The summed E-state index contributed by atoms with van der Waals surface area (Å²) >= 11 is 6.12. The van der Waals surface area contributed by atoms with Crippen LogP contribution in [-0.4, -0.2) is 31.9 Å². The van der Waals surface area contributed by atoms with Crippen molar-refractivity contribution < 1.29 is 4.74 Å². The van der Waals surface area contributed by atoms with Gasteiger partial charge in [0.05, 0.1) is 24.7 Å². The van der Waals surface area contributed by atoms with Crippen molar-refractivity contribution in [2.75, 3.05) is 12.4 Å². The highest BCUT2D eigenvalue weighted by Crippen LogP contribution is 2.29. The van der Waals surface area contributed by atoms with Crippen molar-refractivity contribution in [3.63, 3.8) is 0 Å². The van der Waals surface area contributed by atoms with E-state index in [4.69, 9.17) is 16.3 Å². The molecule has 1 N–H and O–H groups in total.